The number of piperazine rings is 1. The van der Waals surface area contributed by atoms with Gasteiger partial charge in [0.05, 0.1) is 18.9 Å². The Labute approximate surface area is 172 Å². The molecule has 1 heterocycles. The molecule has 1 aliphatic heterocycles. The molecule has 148 valence electrons. The van der Waals surface area contributed by atoms with Crippen molar-refractivity contribution in [2.24, 2.45) is 4.99 Å². The summed E-state index contributed by atoms with van der Waals surface area (Å²) in [7, 11) is 3.46. The van der Waals surface area contributed by atoms with Crippen molar-refractivity contribution in [2.45, 2.75) is 6.42 Å². The second-order valence-electron chi connectivity index (χ2n) is 5.86. The fourth-order valence-electron chi connectivity index (χ4n) is 2.82. The largest absolute Gasteiger partial charge is 0.382 e. The summed E-state index contributed by atoms with van der Waals surface area (Å²) in [4.78, 5) is 8.65. The normalized spacial score (nSPS) is 15.0. The van der Waals surface area contributed by atoms with Gasteiger partial charge in [0.2, 0.25) is 0 Å². The van der Waals surface area contributed by atoms with Gasteiger partial charge in [0, 0.05) is 53.5 Å². The van der Waals surface area contributed by atoms with Crippen LogP contribution in [-0.2, 0) is 9.47 Å². The molecule has 1 fully saturated rings. The van der Waals surface area contributed by atoms with Gasteiger partial charge in [-0.05, 0) is 18.6 Å². The highest BCUT2D eigenvalue weighted by molar-refractivity contribution is 14.0. The molecule has 0 amide bonds. The first-order chi connectivity index (χ1) is 12.3. The van der Waals surface area contributed by atoms with Crippen LogP contribution in [0.3, 0.4) is 0 Å². The molecular weight excluding hydrogens is 450 g/mol. The van der Waals surface area contributed by atoms with Crippen LogP contribution in [-0.4, -0.2) is 77.6 Å². The number of ether oxygens (including phenoxy) is 2. The van der Waals surface area contributed by atoms with E-state index in [0.29, 0.717) is 25.5 Å². The Morgan fingerprint density at radius 3 is 2.54 bits per heavy atom. The van der Waals surface area contributed by atoms with Gasteiger partial charge >= 0.3 is 0 Å². The molecule has 0 aliphatic carbocycles. The lowest BCUT2D eigenvalue weighted by Gasteiger charge is -2.37. The van der Waals surface area contributed by atoms with Crippen molar-refractivity contribution in [3.8, 4) is 0 Å². The molecule has 0 aromatic heterocycles. The van der Waals surface area contributed by atoms with Gasteiger partial charge in [-0.15, -0.1) is 24.0 Å². The molecule has 0 saturated carbocycles. The van der Waals surface area contributed by atoms with Crippen molar-refractivity contribution in [2.75, 3.05) is 71.6 Å². The van der Waals surface area contributed by atoms with E-state index in [0.717, 1.165) is 45.1 Å². The molecule has 1 aromatic carbocycles. The van der Waals surface area contributed by atoms with E-state index in [1.807, 2.05) is 12.1 Å². The van der Waals surface area contributed by atoms with E-state index in [9.17, 15) is 4.39 Å². The summed E-state index contributed by atoms with van der Waals surface area (Å²) in [6, 6.07) is 6.94. The third-order valence-electron chi connectivity index (χ3n) is 4.16. The van der Waals surface area contributed by atoms with Crippen LogP contribution in [0, 0.1) is 5.82 Å². The zero-order chi connectivity index (χ0) is 17.9. The molecule has 0 spiro atoms. The Hall–Kier alpha value is -1.13. The van der Waals surface area contributed by atoms with Crippen LogP contribution in [0.4, 0.5) is 10.1 Å². The SMILES string of the molecule is CN=C(NCCCOCCOC)N1CCN(c2ccccc2F)CC1.I. The zero-order valence-corrected chi connectivity index (χ0v) is 17.9. The number of nitrogens with one attached hydrogen (secondary N) is 1. The summed E-state index contributed by atoms with van der Waals surface area (Å²) in [5.41, 5.74) is 0.679. The lowest BCUT2D eigenvalue weighted by molar-refractivity contribution is 0.0698. The van der Waals surface area contributed by atoms with E-state index in [2.05, 4.69) is 20.1 Å². The van der Waals surface area contributed by atoms with Crippen LogP contribution in [0.2, 0.25) is 0 Å². The highest BCUT2D eigenvalue weighted by atomic mass is 127. The maximum absolute atomic E-state index is 13.9. The fourth-order valence-corrected chi connectivity index (χ4v) is 2.82. The standard InChI is InChI=1S/C18H29FN4O2.HI/c1-20-18(21-8-5-13-25-15-14-24-2)23-11-9-22(10-12-23)17-7-4-3-6-16(17)19;/h3-4,6-7H,5,8-15H2,1-2H3,(H,20,21);1H. The Bertz CT molecular complexity index is 540. The molecule has 6 nitrogen and oxygen atoms in total. The van der Waals surface area contributed by atoms with E-state index in [1.54, 1.807) is 20.2 Å². The van der Waals surface area contributed by atoms with Crippen LogP contribution in [0.1, 0.15) is 6.42 Å². The first-order valence-corrected chi connectivity index (χ1v) is 8.78. The number of benzene rings is 1. The van der Waals surface area contributed by atoms with Gasteiger partial charge in [0.25, 0.3) is 0 Å². The molecule has 0 radical (unpaired) electrons. The van der Waals surface area contributed by atoms with E-state index in [1.165, 1.54) is 6.07 Å². The van der Waals surface area contributed by atoms with Crippen LogP contribution < -0.4 is 10.2 Å². The molecule has 1 N–H and O–H groups in total. The highest BCUT2D eigenvalue weighted by Gasteiger charge is 2.21. The predicted molar refractivity (Wildman–Crippen MR) is 114 cm³/mol. The summed E-state index contributed by atoms with van der Waals surface area (Å²) >= 11 is 0. The van der Waals surface area contributed by atoms with Gasteiger partial charge in [0.15, 0.2) is 5.96 Å². The molecule has 0 unspecified atom stereocenters. The molecule has 1 saturated heterocycles. The van der Waals surface area contributed by atoms with Gasteiger partial charge in [-0.25, -0.2) is 4.39 Å². The summed E-state index contributed by atoms with van der Waals surface area (Å²) < 4.78 is 24.3. The summed E-state index contributed by atoms with van der Waals surface area (Å²) in [6.45, 7) is 5.96. The van der Waals surface area contributed by atoms with E-state index < -0.39 is 0 Å². The topological polar surface area (TPSA) is 49.3 Å². The van der Waals surface area contributed by atoms with Crippen molar-refractivity contribution in [1.82, 2.24) is 10.2 Å². The average Bonchev–Trinajstić information content (AvgIpc) is 2.65. The van der Waals surface area contributed by atoms with Gasteiger partial charge < -0.3 is 24.6 Å². The molecule has 0 bridgehead atoms. The second-order valence-corrected chi connectivity index (χ2v) is 5.86. The maximum Gasteiger partial charge on any atom is 0.193 e. The van der Waals surface area contributed by atoms with Crippen LogP contribution >= 0.6 is 24.0 Å². The van der Waals surface area contributed by atoms with Crippen molar-refractivity contribution < 1.29 is 13.9 Å². The lowest BCUT2D eigenvalue weighted by Crippen LogP contribution is -2.52. The number of nitrogens with zero attached hydrogens (tertiary/aromatic N) is 3. The second kappa shape index (κ2) is 13.1. The lowest BCUT2D eigenvalue weighted by atomic mass is 10.2. The van der Waals surface area contributed by atoms with Crippen LogP contribution in [0.5, 0.6) is 0 Å². The molecule has 26 heavy (non-hydrogen) atoms. The number of hydrogen-bond acceptors (Lipinski definition) is 4. The number of para-hydroxylation sites is 1. The molecular formula is C18H30FIN4O2. The summed E-state index contributed by atoms with van der Waals surface area (Å²) in [5, 5.41) is 3.37. The van der Waals surface area contributed by atoms with Crippen molar-refractivity contribution in [3.63, 3.8) is 0 Å². The number of anilines is 1. The predicted octanol–water partition coefficient (Wildman–Crippen LogP) is 2.19. The fraction of sp³-hybridized carbons (Fsp3) is 0.611. The molecule has 2 rings (SSSR count). The minimum absolute atomic E-state index is 0. The van der Waals surface area contributed by atoms with Crippen LogP contribution in [0.15, 0.2) is 29.3 Å². The van der Waals surface area contributed by atoms with E-state index in [4.69, 9.17) is 9.47 Å². The van der Waals surface area contributed by atoms with E-state index >= 15 is 0 Å². The Balaban J connectivity index is 0.00000338. The number of aliphatic imine (C=N–C) groups is 1. The maximum atomic E-state index is 13.9. The molecule has 8 heteroatoms. The van der Waals surface area contributed by atoms with E-state index in [-0.39, 0.29) is 29.8 Å². The van der Waals surface area contributed by atoms with Crippen LogP contribution in [0.25, 0.3) is 0 Å². The highest BCUT2D eigenvalue weighted by Crippen LogP contribution is 2.20. The third kappa shape index (κ3) is 7.24. The number of rotatable bonds is 8. The smallest absolute Gasteiger partial charge is 0.193 e. The van der Waals surface area contributed by atoms with Gasteiger partial charge in [-0.3, -0.25) is 4.99 Å². The summed E-state index contributed by atoms with van der Waals surface area (Å²) in [6.07, 6.45) is 0.915. The Morgan fingerprint density at radius 1 is 1.15 bits per heavy atom. The van der Waals surface area contributed by atoms with Gasteiger partial charge in [-0.2, -0.15) is 0 Å². The van der Waals surface area contributed by atoms with Gasteiger partial charge in [0.1, 0.15) is 5.82 Å². The van der Waals surface area contributed by atoms with Crippen molar-refractivity contribution in [1.29, 1.82) is 0 Å². The van der Waals surface area contributed by atoms with Crippen molar-refractivity contribution >= 4 is 35.6 Å². The Morgan fingerprint density at radius 2 is 1.88 bits per heavy atom. The molecule has 1 aliphatic rings. The summed E-state index contributed by atoms with van der Waals surface area (Å²) in [5.74, 6) is 0.733. The Kier molecular flexibility index (Phi) is 11.5. The number of guanidine groups is 1. The quantitative estimate of drug-likeness (QED) is 0.268. The first kappa shape index (κ1) is 22.9. The zero-order valence-electron chi connectivity index (χ0n) is 15.6. The minimum Gasteiger partial charge on any atom is -0.382 e. The molecule has 1 aromatic rings. The first-order valence-electron chi connectivity index (χ1n) is 8.78. The number of halogens is 2. The van der Waals surface area contributed by atoms with Crippen molar-refractivity contribution in [3.05, 3.63) is 30.1 Å². The molecule has 0 atom stereocenters. The third-order valence-corrected chi connectivity index (χ3v) is 4.16. The minimum atomic E-state index is -0.160. The number of methoxy groups -OCH3 is 1. The average molecular weight is 480 g/mol. The van der Waals surface area contributed by atoms with Gasteiger partial charge in [-0.1, -0.05) is 12.1 Å². The number of hydrogen-bond donors (Lipinski definition) is 1. The monoisotopic (exact) mass is 480 g/mol.